The highest BCUT2D eigenvalue weighted by Gasteiger charge is 2.47. The highest BCUT2D eigenvalue weighted by molar-refractivity contribution is 8.70. The number of ether oxygens (including phenoxy) is 1. The topological polar surface area (TPSA) is 12.5 Å². The van der Waals surface area contributed by atoms with E-state index in [1.54, 1.807) is 7.11 Å². The van der Waals surface area contributed by atoms with E-state index in [0.29, 0.717) is 12.5 Å². The van der Waals surface area contributed by atoms with Crippen LogP contribution in [0, 0.1) is 5.92 Å². The Morgan fingerprint density at radius 2 is 2.44 bits per heavy atom. The van der Waals surface area contributed by atoms with E-state index < -0.39 is 6.43 Å². The third-order valence-electron chi connectivity index (χ3n) is 3.30. The van der Waals surface area contributed by atoms with Crippen molar-refractivity contribution in [1.82, 2.24) is 4.90 Å². The van der Waals surface area contributed by atoms with Gasteiger partial charge < -0.3 is 4.74 Å². The average molecular weight is 267 g/mol. The number of methoxy groups -OCH3 is 1. The number of nitrogens with zero attached hydrogens (tertiary/aromatic N) is 1. The maximum absolute atomic E-state index is 12.5. The minimum absolute atomic E-state index is 0.114. The van der Waals surface area contributed by atoms with E-state index in [1.807, 2.05) is 11.0 Å². The number of rotatable bonds is 5. The smallest absolute Gasteiger partial charge is 0.251 e. The van der Waals surface area contributed by atoms with Gasteiger partial charge in [-0.2, -0.15) is 0 Å². The molecule has 0 N–H and O–H groups in total. The van der Waals surface area contributed by atoms with Crippen molar-refractivity contribution < 1.29 is 13.5 Å². The highest BCUT2D eigenvalue weighted by Crippen LogP contribution is 2.48. The van der Waals surface area contributed by atoms with Crippen LogP contribution in [0.1, 0.15) is 6.42 Å². The lowest BCUT2D eigenvalue weighted by Crippen LogP contribution is -2.44. The third kappa shape index (κ3) is 2.25. The molecule has 16 heavy (non-hydrogen) atoms. The van der Waals surface area contributed by atoms with Crippen molar-refractivity contribution in [2.24, 2.45) is 5.92 Å². The highest BCUT2D eigenvalue weighted by atomic mass is 33.1. The zero-order valence-electron chi connectivity index (χ0n) is 8.97. The van der Waals surface area contributed by atoms with Crippen molar-refractivity contribution in [3.8, 4) is 0 Å². The first kappa shape index (κ1) is 12.7. The van der Waals surface area contributed by atoms with Crippen molar-refractivity contribution >= 4 is 22.5 Å². The maximum Gasteiger partial charge on any atom is 0.251 e. The monoisotopic (exact) mass is 267 g/mol. The Hall–Kier alpha value is 0.220. The summed E-state index contributed by atoms with van der Waals surface area (Å²) in [4.78, 5) is 3.08. The Labute approximate surface area is 103 Å². The Morgan fingerprint density at radius 1 is 1.69 bits per heavy atom. The van der Waals surface area contributed by atoms with Crippen LogP contribution in [-0.2, 0) is 4.74 Å². The number of fused-ring (bicyclic) bond motifs is 1. The fourth-order valence-corrected chi connectivity index (χ4v) is 3.76. The van der Waals surface area contributed by atoms with Crippen molar-refractivity contribution in [3.05, 3.63) is 11.0 Å². The molecule has 0 amide bonds. The molecular weight excluding hydrogens is 252 g/mol. The fourth-order valence-electron chi connectivity index (χ4n) is 2.60. The second kappa shape index (κ2) is 5.25. The molecule has 0 radical (unpaired) electrons. The molecule has 1 saturated heterocycles. The minimum atomic E-state index is -2.28. The third-order valence-corrected chi connectivity index (χ3v) is 4.59. The number of halogens is 2. The number of hydrogen-bond acceptors (Lipinski definition) is 4. The molecule has 1 aliphatic heterocycles. The molecule has 6 heteroatoms. The van der Waals surface area contributed by atoms with Gasteiger partial charge in [-0.05, 0) is 11.3 Å². The Bertz CT molecular complexity index is 288. The number of thiol groups is 1. The number of alkyl halides is 2. The van der Waals surface area contributed by atoms with Gasteiger partial charge in [0.05, 0.1) is 13.2 Å². The normalized spacial score (nSPS) is 33.8. The lowest BCUT2D eigenvalue weighted by Gasteiger charge is -2.35. The Balaban J connectivity index is 2.03. The van der Waals surface area contributed by atoms with Crippen molar-refractivity contribution in [2.75, 3.05) is 20.3 Å². The average Bonchev–Trinajstić information content (AvgIpc) is 2.43. The lowest BCUT2D eigenvalue weighted by molar-refractivity contribution is 0.0423. The summed E-state index contributed by atoms with van der Waals surface area (Å²) in [6.45, 7) is 0.369. The second-order valence-electron chi connectivity index (χ2n) is 4.19. The van der Waals surface area contributed by atoms with Crippen LogP contribution < -0.4 is 0 Å². The molecule has 0 aromatic carbocycles. The standard InChI is InChI=1S/C10H15F2NOS2/c1-14-5-6-2-7-8(3-9(7)16-15)13(6)4-10(11)12/h3,6-8,10,15H,2,4-5H2,1H3/t6-,7+,8+/m1/s1. The van der Waals surface area contributed by atoms with Gasteiger partial charge >= 0.3 is 0 Å². The molecular formula is C10H15F2NOS2. The van der Waals surface area contributed by atoms with E-state index in [0.717, 1.165) is 6.42 Å². The van der Waals surface area contributed by atoms with E-state index in [1.165, 1.54) is 15.7 Å². The summed E-state index contributed by atoms with van der Waals surface area (Å²) in [5, 5.41) is 0. The summed E-state index contributed by atoms with van der Waals surface area (Å²) >= 11 is 4.16. The van der Waals surface area contributed by atoms with E-state index in [2.05, 4.69) is 11.7 Å². The molecule has 1 fully saturated rings. The largest absolute Gasteiger partial charge is 0.383 e. The SMILES string of the molecule is COC[C@H]1C[C@@H]2C(SS)=C[C@@H]2N1CC(F)F. The van der Waals surface area contributed by atoms with Crippen molar-refractivity contribution in [1.29, 1.82) is 0 Å². The van der Waals surface area contributed by atoms with Gasteiger partial charge in [0.15, 0.2) is 0 Å². The zero-order chi connectivity index (χ0) is 11.7. The van der Waals surface area contributed by atoms with Gasteiger partial charge in [-0.3, -0.25) is 4.90 Å². The van der Waals surface area contributed by atoms with Crippen LogP contribution in [0.3, 0.4) is 0 Å². The molecule has 2 nitrogen and oxygen atoms in total. The Kier molecular flexibility index (Phi) is 4.15. The molecule has 0 spiro atoms. The summed E-state index contributed by atoms with van der Waals surface area (Å²) in [6, 6.07) is 0.284. The summed E-state index contributed by atoms with van der Waals surface area (Å²) in [7, 11) is 3.04. The van der Waals surface area contributed by atoms with Gasteiger partial charge in [0.2, 0.25) is 0 Å². The molecule has 1 heterocycles. The predicted octanol–water partition coefficient (Wildman–Crippen LogP) is 2.43. The van der Waals surface area contributed by atoms with E-state index in [9.17, 15) is 8.78 Å². The van der Waals surface area contributed by atoms with Crippen LogP contribution in [0.25, 0.3) is 0 Å². The maximum atomic E-state index is 12.5. The second-order valence-corrected chi connectivity index (χ2v) is 5.39. The van der Waals surface area contributed by atoms with Gasteiger partial charge in [0.25, 0.3) is 6.43 Å². The Morgan fingerprint density at radius 3 is 3.00 bits per heavy atom. The van der Waals surface area contributed by atoms with Crippen LogP contribution in [-0.4, -0.2) is 43.7 Å². The lowest BCUT2D eigenvalue weighted by atomic mass is 9.88. The van der Waals surface area contributed by atoms with E-state index in [4.69, 9.17) is 4.74 Å². The van der Waals surface area contributed by atoms with Gasteiger partial charge in [-0.25, -0.2) is 8.78 Å². The summed E-state index contributed by atoms with van der Waals surface area (Å²) in [6.07, 6.45) is 0.671. The molecule has 92 valence electrons. The molecule has 1 aliphatic carbocycles. The van der Waals surface area contributed by atoms with Gasteiger partial charge in [-0.15, -0.1) is 11.7 Å². The number of likely N-dealkylation sites (tertiary alicyclic amines) is 1. The quantitative estimate of drug-likeness (QED) is 0.607. The van der Waals surface area contributed by atoms with Crippen LogP contribution in [0.5, 0.6) is 0 Å². The van der Waals surface area contributed by atoms with Gasteiger partial charge in [0, 0.05) is 25.1 Å². The molecule has 2 aliphatic rings. The first-order valence-electron chi connectivity index (χ1n) is 5.23. The molecule has 0 bridgehead atoms. The molecule has 0 aromatic heterocycles. The summed E-state index contributed by atoms with van der Waals surface area (Å²) in [5.74, 6) is 0.390. The first-order valence-corrected chi connectivity index (χ1v) is 7.10. The first-order chi connectivity index (χ1) is 7.67. The van der Waals surface area contributed by atoms with Crippen molar-refractivity contribution in [3.63, 3.8) is 0 Å². The summed E-state index contributed by atoms with van der Waals surface area (Å²) < 4.78 is 30.1. The van der Waals surface area contributed by atoms with Crippen LogP contribution in [0.2, 0.25) is 0 Å². The predicted molar refractivity (Wildman–Crippen MR) is 64.9 cm³/mol. The molecule has 0 saturated carbocycles. The minimum Gasteiger partial charge on any atom is -0.383 e. The van der Waals surface area contributed by atoms with E-state index in [-0.39, 0.29) is 18.6 Å². The fraction of sp³-hybridized carbons (Fsp3) is 0.800. The van der Waals surface area contributed by atoms with Gasteiger partial charge in [-0.1, -0.05) is 16.9 Å². The van der Waals surface area contributed by atoms with Crippen molar-refractivity contribution in [2.45, 2.75) is 24.9 Å². The zero-order valence-corrected chi connectivity index (χ0v) is 10.7. The summed E-state index contributed by atoms with van der Waals surface area (Å²) in [5.41, 5.74) is 0. The molecule has 2 rings (SSSR count). The van der Waals surface area contributed by atoms with E-state index >= 15 is 0 Å². The number of hydrogen-bond donors (Lipinski definition) is 1. The molecule has 3 atom stereocenters. The van der Waals surface area contributed by atoms with Gasteiger partial charge in [0.1, 0.15) is 0 Å². The van der Waals surface area contributed by atoms with Crippen LogP contribution in [0.15, 0.2) is 11.0 Å². The van der Waals surface area contributed by atoms with Crippen LogP contribution in [0.4, 0.5) is 8.78 Å². The molecule has 0 aromatic rings. The van der Waals surface area contributed by atoms with Crippen LogP contribution >= 0.6 is 22.5 Å². The molecule has 0 unspecified atom stereocenters.